The van der Waals surface area contributed by atoms with Crippen molar-refractivity contribution in [2.75, 3.05) is 0 Å². The molecule has 0 N–H and O–H groups in total. The Hall–Kier alpha value is -0.720. The molecule has 0 aliphatic rings. The molecule has 0 aromatic heterocycles. The largest absolute Gasteiger partial charge is 0.118 e. The lowest BCUT2D eigenvalue weighted by molar-refractivity contribution is 0.585. The van der Waals surface area contributed by atoms with E-state index in [1.807, 2.05) is 12.1 Å². The van der Waals surface area contributed by atoms with Gasteiger partial charge in [-0.2, -0.15) is 0 Å². The summed E-state index contributed by atoms with van der Waals surface area (Å²) in [6.07, 6.45) is 8.87. The second-order valence-electron chi connectivity index (χ2n) is 5.71. The molecule has 114 valence electrons. The van der Waals surface area contributed by atoms with E-state index in [-0.39, 0.29) is 5.38 Å². The standard InChI is InChI=1S/C19H24Cl2/c1-2-3-4-5-6-7-12-18(20)17-13-14-19(21)16-11-9-8-10-15(16)17/h8-11,13-14,18H,2-7,12H2,1H3. The molecule has 2 heteroatoms. The lowest BCUT2D eigenvalue weighted by atomic mass is 9.98. The van der Waals surface area contributed by atoms with Crippen molar-refractivity contribution >= 4 is 34.0 Å². The van der Waals surface area contributed by atoms with Crippen LogP contribution in [0.1, 0.15) is 62.8 Å². The average Bonchev–Trinajstić information content (AvgIpc) is 2.51. The summed E-state index contributed by atoms with van der Waals surface area (Å²) in [6, 6.07) is 12.3. The van der Waals surface area contributed by atoms with Crippen LogP contribution in [0.3, 0.4) is 0 Å². The van der Waals surface area contributed by atoms with Gasteiger partial charge in [-0.15, -0.1) is 11.6 Å². The van der Waals surface area contributed by atoms with Gasteiger partial charge in [0.05, 0.1) is 5.38 Å². The molecular formula is C19H24Cl2. The number of unbranched alkanes of at least 4 members (excludes halogenated alkanes) is 5. The van der Waals surface area contributed by atoms with Crippen molar-refractivity contribution in [3.05, 3.63) is 47.0 Å². The molecule has 0 saturated heterocycles. The van der Waals surface area contributed by atoms with Crippen LogP contribution in [0, 0.1) is 0 Å². The number of benzene rings is 2. The highest BCUT2D eigenvalue weighted by molar-refractivity contribution is 6.35. The van der Waals surface area contributed by atoms with Crippen LogP contribution in [0.4, 0.5) is 0 Å². The van der Waals surface area contributed by atoms with Crippen LogP contribution >= 0.6 is 23.2 Å². The first-order valence-corrected chi connectivity index (χ1v) is 8.86. The molecule has 2 aromatic rings. The van der Waals surface area contributed by atoms with E-state index in [0.717, 1.165) is 16.8 Å². The topological polar surface area (TPSA) is 0 Å². The highest BCUT2D eigenvalue weighted by atomic mass is 35.5. The SMILES string of the molecule is CCCCCCCCC(Cl)c1ccc(Cl)c2ccccc12. The monoisotopic (exact) mass is 322 g/mol. The van der Waals surface area contributed by atoms with Gasteiger partial charge in [-0.1, -0.05) is 87.4 Å². The summed E-state index contributed by atoms with van der Waals surface area (Å²) in [5.74, 6) is 0. The predicted molar refractivity (Wildman–Crippen MR) is 95.5 cm³/mol. The first-order valence-electron chi connectivity index (χ1n) is 8.05. The maximum absolute atomic E-state index is 6.63. The van der Waals surface area contributed by atoms with E-state index in [0.29, 0.717) is 0 Å². The fraction of sp³-hybridized carbons (Fsp3) is 0.474. The van der Waals surface area contributed by atoms with Crippen LogP contribution in [0.2, 0.25) is 5.02 Å². The van der Waals surface area contributed by atoms with Crippen molar-refractivity contribution in [2.24, 2.45) is 0 Å². The zero-order chi connectivity index (χ0) is 15.1. The molecule has 2 rings (SSSR count). The van der Waals surface area contributed by atoms with E-state index in [1.54, 1.807) is 0 Å². The zero-order valence-electron chi connectivity index (χ0n) is 12.7. The van der Waals surface area contributed by atoms with Crippen molar-refractivity contribution in [2.45, 2.75) is 57.2 Å². The molecule has 21 heavy (non-hydrogen) atoms. The Labute approximate surface area is 138 Å². The van der Waals surface area contributed by atoms with Crippen LogP contribution in [-0.2, 0) is 0 Å². The number of hydrogen-bond donors (Lipinski definition) is 0. The number of alkyl halides is 1. The Morgan fingerprint density at radius 2 is 1.52 bits per heavy atom. The van der Waals surface area contributed by atoms with Gasteiger partial charge in [0.15, 0.2) is 0 Å². The number of hydrogen-bond acceptors (Lipinski definition) is 0. The third-order valence-corrected chi connectivity index (χ3v) is 4.84. The second-order valence-corrected chi connectivity index (χ2v) is 6.64. The van der Waals surface area contributed by atoms with Gasteiger partial charge in [-0.25, -0.2) is 0 Å². The Morgan fingerprint density at radius 3 is 2.29 bits per heavy atom. The summed E-state index contributed by atoms with van der Waals surface area (Å²) in [5, 5.41) is 3.18. The molecule has 0 nitrogen and oxygen atoms in total. The van der Waals surface area contributed by atoms with Gasteiger partial charge in [0.1, 0.15) is 0 Å². The first kappa shape index (κ1) is 16.6. The number of rotatable bonds is 8. The summed E-state index contributed by atoms with van der Waals surface area (Å²) in [7, 11) is 0. The Bertz CT molecular complexity index is 562. The third-order valence-electron chi connectivity index (χ3n) is 4.05. The zero-order valence-corrected chi connectivity index (χ0v) is 14.3. The van der Waals surface area contributed by atoms with Crippen molar-refractivity contribution in [3.8, 4) is 0 Å². The fourth-order valence-corrected chi connectivity index (χ4v) is 3.39. The van der Waals surface area contributed by atoms with Crippen LogP contribution in [0.25, 0.3) is 10.8 Å². The van der Waals surface area contributed by atoms with Crippen molar-refractivity contribution < 1.29 is 0 Å². The summed E-state index contributed by atoms with van der Waals surface area (Å²) in [4.78, 5) is 0. The molecule has 0 saturated carbocycles. The fourth-order valence-electron chi connectivity index (χ4n) is 2.82. The predicted octanol–water partition coefficient (Wildman–Crippen LogP) is 7.52. The van der Waals surface area contributed by atoms with Crippen LogP contribution in [0.15, 0.2) is 36.4 Å². The van der Waals surface area contributed by atoms with Crippen molar-refractivity contribution in [3.63, 3.8) is 0 Å². The summed E-state index contributed by atoms with van der Waals surface area (Å²) in [5.41, 5.74) is 1.21. The van der Waals surface area contributed by atoms with Gasteiger partial charge >= 0.3 is 0 Å². The second kappa shape index (κ2) is 8.66. The van der Waals surface area contributed by atoms with Gasteiger partial charge < -0.3 is 0 Å². The van der Waals surface area contributed by atoms with E-state index in [4.69, 9.17) is 23.2 Å². The summed E-state index contributed by atoms with van der Waals surface area (Å²) in [6.45, 7) is 2.25. The number of halogens is 2. The molecule has 0 bridgehead atoms. The minimum atomic E-state index is 0.0818. The maximum Gasteiger partial charge on any atom is 0.0591 e. The van der Waals surface area contributed by atoms with E-state index in [1.165, 1.54) is 49.5 Å². The lowest BCUT2D eigenvalue weighted by Crippen LogP contribution is -1.93. The molecule has 0 aliphatic heterocycles. The van der Waals surface area contributed by atoms with E-state index in [9.17, 15) is 0 Å². The first-order chi connectivity index (χ1) is 10.2. The van der Waals surface area contributed by atoms with Crippen LogP contribution < -0.4 is 0 Å². The summed E-state index contributed by atoms with van der Waals surface area (Å²) < 4.78 is 0. The van der Waals surface area contributed by atoms with Gasteiger partial charge in [-0.3, -0.25) is 0 Å². The minimum Gasteiger partial charge on any atom is -0.118 e. The Balaban J connectivity index is 1.97. The molecule has 0 fully saturated rings. The lowest BCUT2D eigenvalue weighted by Gasteiger charge is -2.13. The van der Waals surface area contributed by atoms with Crippen LogP contribution in [0.5, 0.6) is 0 Å². The Morgan fingerprint density at radius 1 is 0.857 bits per heavy atom. The number of fused-ring (bicyclic) bond motifs is 1. The smallest absolute Gasteiger partial charge is 0.0591 e. The summed E-state index contributed by atoms with van der Waals surface area (Å²) >= 11 is 12.9. The minimum absolute atomic E-state index is 0.0818. The highest BCUT2D eigenvalue weighted by Crippen LogP contribution is 2.35. The molecule has 0 aliphatic carbocycles. The maximum atomic E-state index is 6.63. The van der Waals surface area contributed by atoms with Crippen molar-refractivity contribution in [1.82, 2.24) is 0 Å². The van der Waals surface area contributed by atoms with E-state index in [2.05, 4.69) is 31.2 Å². The quantitative estimate of drug-likeness (QED) is 0.348. The van der Waals surface area contributed by atoms with Gasteiger partial charge in [0.2, 0.25) is 0 Å². The molecule has 0 amide bonds. The van der Waals surface area contributed by atoms with Crippen LogP contribution in [-0.4, -0.2) is 0 Å². The molecule has 0 spiro atoms. The molecule has 1 atom stereocenters. The molecule has 1 unspecified atom stereocenters. The highest BCUT2D eigenvalue weighted by Gasteiger charge is 2.12. The molecule has 2 aromatic carbocycles. The molecule has 0 radical (unpaired) electrons. The van der Waals surface area contributed by atoms with Gasteiger partial charge in [0, 0.05) is 10.4 Å². The van der Waals surface area contributed by atoms with Crippen molar-refractivity contribution in [1.29, 1.82) is 0 Å². The normalized spacial score (nSPS) is 12.7. The average molecular weight is 323 g/mol. The Kier molecular flexibility index (Phi) is 6.86. The van der Waals surface area contributed by atoms with E-state index >= 15 is 0 Å². The van der Waals surface area contributed by atoms with Gasteiger partial charge in [-0.05, 0) is 23.4 Å². The van der Waals surface area contributed by atoms with E-state index < -0.39 is 0 Å². The molecule has 0 heterocycles. The third kappa shape index (κ3) is 4.63. The van der Waals surface area contributed by atoms with Gasteiger partial charge in [0.25, 0.3) is 0 Å². The molecular weight excluding hydrogens is 299 g/mol.